The maximum absolute atomic E-state index is 16.1. The lowest BCUT2D eigenvalue weighted by Crippen LogP contribution is -2.55. The van der Waals surface area contributed by atoms with Crippen LogP contribution in [0.4, 0.5) is 69.2 Å². The summed E-state index contributed by atoms with van der Waals surface area (Å²) in [5.41, 5.74) is -2.26. The number of piperazine rings is 2. The Balaban J connectivity index is 0.000000187. The number of carboxylic acid groups (broad SMARTS) is 1. The van der Waals surface area contributed by atoms with E-state index in [1.54, 1.807) is 35.2 Å². The molecule has 6 aromatic rings. The van der Waals surface area contributed by atoms with E-state index in [9.17, 15) is 93.5 Å². The number of hydrogen-bond donors (Lipinski definition) is 10. The minimum Gasteiger partial charge on any atom is -0.481 e. The van der Waals surface area contributed by atoms with Gasteiger partial charge < -0.3 is 56.4 Å². The van der Waals surface area contributed by atoms with Crippen molar-refractivity contribution in [2.75, 3.05) is 111 Å². The fraction of sp³-hybridized carbons (Fsp3) is 0.405. The second-order valence-corrected chi connectivity index (χ2v) is 31.2. The van der Waals surface area contributed by atoms with Crippen molar-refractivity contribution in [1.29, 1.82) is 0 Å². The van der Waals surface area contributed by atoms with Crippen molar-refractivity contribution in [1.82, 2.24) is 50.4 Å². The molecular formula is C84H90F8N16O15. The summed E-state index contributed by atoms with van der Waals surface area (Å²) in [7, 11) is 3.95. The van der Waals surface area contributed by atoms with Gasteiger partial charge in [-0.25, -0.2) is 8.78 Å². The number of likely N-dealkylation sites (N-methyl/N-ethyl adjacent to an activating group) is 2. The van der Waals surface area contributed by atoms with Crippen molar-refractivity contribution in [3.8, 4) is 0 Å². The van der Waals surface area contributed by atoms with Crippen LogP contribution in [0.25, 0.3) is 11.1 Å². The zero-order chi connectivity index (χ0) is 89.0. The van der Waals surface area contributed by atoms with E-state index >= 15 is 8.78 Å². The highest BCUT2D eigenvalue weighted by Crippen LogP contribution is 2.42. The second-order valence-electron chi connectivity index (χ2n) is 31.2. The highest BCUT2D eigenvalue weighted by atomic mass is 19.4. The van der Waals surface area contributed by atoms with Gasteiger partial charge >= 0.3 is 18.3 Å². The van der Waals surface area contributed by atoms with Crippen LogP contribution in [0.2, 0.25) is 0 Å². The molecule has 0 aliphatic carbocycles. The third-order valence-electron chi connectivity index (χ3n) is 23.0. The number of H-pyrrole nitrogens is 2. The number of fused-ring (bicyclic) bond motifs is 2. The number of halogens is 8. The molecule has 2 aromatic heterocycles. The first kappa shape index (κ1) is 89.5. The summed E-state index contributed by atoms with van der Waals surface area (Å²) >= 11 is 0. The van der Waals surface area contributed by atoms with E-state index < -0.39 is 134 Å². The topological polar surface area (TPSA) is 398 Å². The summed E-state index contributed by atoms with van der Waals surface area (Å²) in [6.07, 6.45) is -3.10. The zero-order valence-corrected chi connectivity index (χ0v) is 67.7. The molecule has 4 aromatic carbocycles. The van der Waals surface area contributed by atoms with Crippen molar-refractivity contribution in [3.63, 3.8) is 0 Å². The molecule has 0 saturated carbocycles. The molecule has 8 aliphatic rings. The average Bonchev–Trinajstić information content (AvgIpc) is 1.62. The summed E-state index contributed by atoms with van der Waals surface area (Å²) in [4.78, 5) is 189. The second kappa shape index (κ2) is 37.3. The Morgan fingerprint density at radius 3 is 1.32 bits per heavy atom. The lowest BCUT2D eigenvalue weighted by molar-refractivity contribution is -0.138. The molecule has 4 fully saturated rings. The van der Waals surface area contributed by atoms with E-state index in [-0.39, 0.29) is 140 Å². The van der Waals surface area contributed by atoms with Crippen LogP contribution in [0.5, 0.6) is 0 Å². The number of imide groups is 4. The summed E-state index contributed by atoms with van der Waals surface area (Å²) < 4.78 is 114. The number of anilines is 6. The summed E-state index contributed by atoms with van der Waals surface area (Å²) in [5.74, 6) is -9.11. The van der Waals surface area contributed by atoms with Crippen LogP contribution in [-0.4, -0.2) is 226 Å². The van der Waals surface area contributed by atoms with Gasteiger partial charge in [0.25, 0.3) is 35.4 Å². The smallest absolute Gasteiger partial charge is 0.417 e. The minimum atomic E-state index is -5.00. The first-order valence-electron chi connectivity index (χ1n) is 39.9. The van der Waals surface area contributed by atoms with E-state index in [2.05, 4.69) is 57.0 Å². The monoisotopic (exact) mass is 1710 g/mol. The maximum atomic E-state index is 16.1. The number of benzene rings is 4. The fourth-order valence-corrected chi connectivity index (χ4v) is 16.1. The molecule has 0 radical (unpaired) electrons. The van der Waals surface area contributed by atoms with Crippen molar-refractivity contribution >= 4 is 116 Å². The number of aromatic amines is 2. The predicted molar refractivity (Wildman–Crippen MR) is 435 cm³/mol. The number of alkyl halides is 6. The van der Waals surface area contributed by atoms with Gasteiger partial charge in [-0.3, -0.25) is 97.4 Å². The van der Waals surface area contributed by atoms with Gasteiger partial charge in [0.05, 0.1) is 67.3 Å². The molecule has 123 heavy (non-hydrogen) atoms. The number of aromatic nitrogens is 2. The number of hydrogen-bond acceptors (Lipinski definition) is 21. The number of carboxylic acids is 1. The Labute approximate surface area is 698 Å². The zero-order valence-electron chi connectivity index (χ0n) is 67.7. The quantitative estimate of drug-likeness (QED) is 0.0195. The molecule has 6 atom stereocenters. The number of amides is 11. The third kappa shape index (κ3) is 19.9. The van der Waals surface area contributed by atoms with Crippen LogP contribution < -0.4 is 58.1 Å². The first-order valence-corrected chi connectivity index (χ1v) is 39.9. The van der Waals surface area contributed by atoms with Gasteiger partial charge in [0.1, 0.15) is 23.7 Å². The number of pyridine rings is 2. The van der Waals surface area contributed by atoms with Crippen LogP contribution >= 0.6 is 0 Å². The van der Waals surface area contributed by atoms with Gasteiger partial charge in [-0.15, -0.1) is 0 Å². The number of carbonyl (C=O) groups excluding carboxylic acids is 11. The predicted octanol–water partition coefficient (Wildman–Crippen LogP) is 8.28. The molecule has 2 unspecified atom stereocenters. The van der Waals surface area contributed by atoms with Gasteiger partial charge in [0.2, 0.25) is 40.7 Å². The number of piperidine rings is 2. The highest BCUT2D eigenvalue weighted by molar-refractivity contribution is 6.27. The molecule has 14 rings (SSSR count). The van der Waals surface area contributed by atoms with E-state index in [1.807, 2.05) is 57.7 Å². The first-order chi connectivity index (χ1) is 58.3. The molecule has 10 heterocycles. The number of carbonyl (C=O) groups is 12. The number of nitrogens with zero attached hydrogens (tertiary/aromatic N) is 7. The van der Waals surface area contributed by atoms with Crippen molar-refractivity contribution < 1.29 is 97.8 Å². The van der Waals surface area contributed by atoms with Gasteiger partial charge in [-0.2, -0.15) is 26.3 Å². The van der Waals surface area contributed by atoms with Crippen LogP contribution in [0.15, 0.2) is 107 Å². The van der Waals surface area contributed by atoms with Gasteiger partial charge in [0.15, 0.2) is 0 Å². The molecule has 11 amide bonds. The molecule has 31 nitrogen and oxygen atoms in total. The fourth-order valence-electron chi connectivity index (χ4n) is 16.1. The molecule has 0 bridgehead atoms. The third-order valence-corrected chi connectivity index (χ3v) is 23.0. The summed E-state index contributed by atoms with van der Waals surface area (Å²) in [6, 6.07) is 13.8. The molecule has 8 aliphatic heterocycles. The maximum Gasteiger partial charge on any atom is 0.417 e. The molecule has 4 saturated heterocycles. The Bertz CT molecular complexity index is 5430. The van der Waals surface area contributed by atoms with E-state index in [0.717, 1.165) is 21.6 Å². The molecule has 652 valence electrons. The summed E-state index contributed by atoms with van der Waals surface area (Å²) in [6.45, 7) is 12.2. The van der Waals surface area contributed by atoms with Gasteiger partial charge in [-0.05, 0) is 147 Å². The molecular weight excluding hydrogens is 1630 g/mol. The standard InChI is InChI=1S/C42H44F4N8O7.C25H29F4N5O2.C17H17N3O6/c1-22-20-53(21-23(2)51(22)3)33-18-29(43)26(16-31(33)49-38(58)27-19-48-35(56)17-28(27)42(44,45)46)24-11-14-52(15-12-24)36(57)8-5-13-47-30-7-4-6-25-37(30)41(61)54(40(25)60)32-9-10-34(55)50-39(32)59;1-14-12-34(13-15(2)33(14)3)22-10-20(26)17(16-4-6-30-7-5-16)8-21(22)32-24(36)18-11-31-23(35)9-19(18)25(27,28)29;21-12-7-6-11(15(24)19-12)20-16(25)9-3-1-4-10(14(9)17(20)26)18-8-2-5-13(22)23/h4,6-7,11,16-19,22-23,32,47H,5,8-10,12-15,20-21H2,1-3H3,(H,48,56)(H,49,58)(H,50,55,59);4,8-11,14-15,30H,5-7,12-13H2,1-3H3,(H,31,35)(H,32,36);1,3-4,11,18H,2,5-8H2,(H,22,23)(H,19,21,24)/t22-,23+,32?;14-,15+;. The Hall–Kier alpha value is -12.8. The van der Waals surface area contributed by atoms with Crippen LogP contribution in [0.3, 0.4) is 0 Å². The Kier molecular flexibility index (Phi) is 27.1. The van der Waals surface area contributed by atoms with Crippen LogP contribution in [0, 0.1) is 11.6 Å². The Morgan fingerprint density at radius 2 is 0.935 bits per heavy atom. The van der Waals surface area contributed by atoms with Crippen LogP contribution in [0.1, 0.15) is 176 Å². The van der Waals surface area contributed by atoms with Crippen molar-refractivity contribution in [2.45, 2.75) is 141 Å². The van der Waals surface area contributed by atoms with E-state index in [4.69, 9.17) is 5.11 Å². The van der Waals surface area contributed by atoms with E-state index in [1.165, 1.54) is 36.4 Å². The van der Waals surface area contributed by atoms with Gasteiger partial charge in [0, 0.05) is 156 Å². The van der Waals surface area contributed by atoms with Crippen LogP contribution in [-0.2, 0) is 41.1 Å². The minimum absolute atomic E-state index is 0.00400. The lowest BCUT2D eigenvalue weighted by atomic mass is 9.96. The van der Waals surface area contributed by atoms with Crippen molar-refractivity contribution in [2.24, 2.45) is 0 Å². The SMILES string of the molecule is C[C@@H]1CN(c2cc(F)c(C3=CCN(C(=O)CCCNc4cccc5c4C(=O)N(C4CCC(=O)NC4=O)C5=O)CC3)cc2NC(=O)c2c[nH]c(=O)cc2C(F)(F)F)C[C@H](C)N1C.C[C@@H]1CN(c2cc(F)c(C3=CCNCC3)cc2NC(=O)c2c[nH]c(=O)cc2C(F)(F)F)C[C@H](C)N1C.O=C(O)CCCNc1cccc2c1C(=O)N(C1CCC(=O)NC1=O)C2=O. The number of rotatable bonds is 20. The normalized spacial score (nSPS) is 20.7. The summed E-state index contributed by atoms with van der Waals surface area (Å²) in [5, 5.41) is 27.4. The molecule has 39 heteroatoms. The van der Waals surface area contributed by atoms with Crippen molar-refractivity contribution in [3.05, 3.63) is 185 Å². The Morgan fingerprint density at radius 1 is 0.512 bits per heavy atom. The average molecular weight is 1720 g/mol. The highest BCUT2D eigenvalue weighted by Gasteiger charge is 2.48. The largest absolute Gasteiger partial charge is 0.481 e. The number of nitrogens with one attached hydrogen (secondary N) is 9. The van der Waals surface area contributed by atoms with Gasteiger partial charge in [-0.1, -0.05) is 24.3 Å². The molecule has 10 N–H and O–H groups in total. The number of aliphatic carboxylic acids is 1. The lowest BCUT2D eigenvalue weighted by Gasteiger charge is -2.44. The van der Waals surface area contributed by atoms with E-state index in [0.29, 0.717) is 112 Å². The molecule has 0 spiro atoms.